The molecule has 0 saturated heterocycles. The van der Waals surface area contributed by atoms with Crippen LogP contribution in [0.3, 0.4) is 0 Å². The molecule has 5 nitrogen and oxygen atoms in total. The van der Waals surface area contributed by atoms with E-state index < -0.39 is 6.04 Å². The predicted octanol–water partition coefficient (Wildman–Crippen LogP) is 3.40. The molecule has 130 valence electrons. The molecule has 0 aliphatic carbocycles. The Morgan fingerprint density at radius 3 is 2.64 bits per heavy atom. The highest BCUT2D eigenvalue weighted by molar-refractivity contribution is 6.03. The predicted molar refractivity (Wildman–Crippen MR) is 97.2 cm³/mol. The fraction of sp³-hybridized carbons (Fsp3) is 0.350. The van der Waals surface area contributed by atoms with E-state index in [1.165, 1.54) is 0 Å². The van der Waals surface area contributed by atoms with Crippen LogP contribution in [0.1, 0.15) is 41.8 Å². The zero-order valence-electron chi connectivity index (χ0n) is 14.8. The number of fused-ring (bicyclic) bond motifs is 1. The van der Waals surface area contributed by atoms with Crippen LogP contribution in [0.15, 0.2) is 42.6 Å². The van der Waals surface area contributed by atoms with Gasteiger partial charge in [-0.25, -0.2) is 4.98 Å². The average molecular weight is 337 g/mol. The topological polar surface area (TPSA) is 62.3 Å². The van der Waals surface area contributed by atoms with Gasteiger partial charge in [-0.05, 0) is 42.5 Å². The van der Waals surface area contributed by atoms with Crippen molar-refractivity contribution in [3.8, 4) is 0 Å². The first-order valence-corrected chi connectivity index (χ1v) is 8.58. The van der Waals surface area contributed by atoms with E-state index in [2.05, 4.69) is 24.1 Å². The Morgan fingerprint density at radius 2 is 2.00 bits per heavy atom. The third kappa shape index (κ3) is 3.71. The zero-order chi connectivity index (χ0) is 18.0. The van der Waals surface area contributed by atoms with Gasteiger partial charge in [0.2, 0.25) is 5.91 Å². The average Bonchev–Trinajstić information content (AvgIpc) is 2.91. The van der Waals surface area contributed by atoms with Crippen LogP contribution < -0.4 is 5.32 Å². The van der Waals surface area contributed by atoms with Crippen LogP contribution in [0.2, 0.25) is 0 Å². The molecule has 1 aromatic carbocycles. The van der Waals surface area contributed by atoms with E-state index in [-0.39, 0.29) is 11.8 Å². The maximum absolute atomic E-state index is 12.9. The number of benzene rings is 1. The third-order valence-electron chi connectivity index (χ3n) is 4.39. The van der Waals surface area contributed by atoms with Crippen LogP contribution in [-0.4, -0.2) is 27.7 Å². The molecule has 2 amide bonds. The van der Waals surface area contributed by atoms with Crippen molar-refractivity contribution >= 4 is 17.6 Å². The Kier molecular flexibility index (Phi) is 4.83. The number of pyridine rings is 1. The maximum Gasteiger partial charge on any atom is 0.255 e. The number of carbonyl (C=O) groups excluding carboxylic acids is 2. The lowest BCUT2D eigenvalue weighted by Crippen LogP contribution is -2.45. The number of rotatable bonds is 5. The lowest BCUT2D eigenvalue weighted by Gasteiger charge is -2.28. The van der Waals surface area contributed by atoms with E-state index in [9.17, 15) is 9.59 Å². The first kappa shape index (κ1) is 17.1. The smallest absolute Gasteiger partial charge is 0.255 e. The van der Waals surface area contributed by atoms with E-state index >= 15 is 0 Å². The monoisotopic (exact) mass is 337 g/mol. The molecule has 2 heterocycles. The van der Waals surface area contributed by atoms with Gasteiger partial charge in [0.1, 0.15) is 11.9 Å². The molecule has 0 fully saturated rings. The normalized spacial score (nSPS) is 14.6. The molecule has 5 heteroatoms. The van der Waals surface area contributed by atoms with Crippen molar-refractivity contribution in [2.45, 2.75) is 39.8 Å². The van der Waals surface area contributed by atoms with E-state index in [4.69, 9.17) is 0 Å². The molecule has 3 rings (SSSR count). The number of nitrogens with one attached hydrogen (secondary N) is 1. The highest BCUT2D eigenvalue weighted by Crippen LogP contribution is 2.27. The van der Waals surface area contributed by atoms with Crippen LogP contribution in [0.5, 0.6) is 0 Å². The second kappa shape index (κ2) is 7.05. The number of nitrogens with zero attached hydrogens (tertiary/aromatic N) is 2. The minimum atomic E-state index is -0.511. The molecule has 0 spiro atoms. The lowest BCUT2D eigenvalue weighted by atomic mass is 10.0. The number of hydrogen-bond acceptors (Lipinski definition) is 3. The van der Waals surface area contributed by atoms with Crippen molar-refractivity contribution in [3.05, 3.63) is 59.3 Å². The zero-order valence-corrected chi connectivity index (χ0v) is 14.8. The highest BCUT2D eigenvalue weighted by atomic mass is 16.2. The van der Waals surface area contributed by atoms with Gasteiger partial charge in [-0.2, -0.15) is 0 Å². The summed E-state index contributed by atoms with van der Waals surface area (Å²) in [6.07, 6.45) is 2.32. The molecule has 0 bridgehead atoms. The molecule has 1 unspecified atom stereocenters. The SMILES string of the molecule is Cc1ccc(NC(=O)C(CC(C)C)N2Cc3ccccc3C2=O)nc1. The first-order chi connectivity index (χ1) is 12.0. The number of aryl methyl sites for hydroxylation is 1. The second-order valence-corrected chi connectivity index (χ2v) is 6.95. The van der Waals surface area contributed by atoms with Gasteiger partial charge in [-0.3, -0.25) is 9.59 Å². The maximum atomic E-state index is 12.9. The summed E-state index contributed by atoms with van der Waals surface area (Å²) in [5.41, 5.74) is 2.70. The molecule has 2 aromatic rings. The van der Waals surface area contributed by atoms with Gasteiger partial charge in [-0.15, -0.1) is 0 Å². The fourth-order valence-corrected chi connectivity index (χ4v) is 3.10. The number of anilines is 1. The molecular formula is C20H23N3O2. The Bertz CT molecular complexity index is 784. The summed E-state index contributed by atoms with van der Waals surface area (Å²) in [4.78, 5) is 31.5. The van der Waals surface area contributed by atoms with E-state index in [0.717, 1.165) is 11.1 Å². The van der Waals surface area contributed by atoms with Gasteiger partial charge < -0.3 is 10.2 Å². The number of aromatic nitrogens is 1. The Labute approximate surface area is 148 Å². The molecule has 1 aliphatic rings. The van der Waals surface area contributed by atoms with Crippen LogP contribution in [-0.2, 0) is 11.3 Å². The van der Waals surface area contributed by atoms with Crippen molar-refractivity contribution in [2.75, 3.05) is 5.32 Å². The minimum Gasteiger partial charge on any atom is -0.322 e. The first-order valence-electron chi connectivity index (χ1n) is 8.58. The minimum absolute atomic E-state index is 0.0757. The fourth-order valence-electron chi connectivity index (χ4n) is 3.10. The summed E-state index contributed by atoms with van der Waals surface area (Å²) in [5.74, 6) is 0.534. The van der Waals surface area contributed by atoms with Gasteiger partial charge in [0.25, 0.3) is 5.91 Å². The van der Waals surface area contributed by atoms with Gasteiger partial charge in [0, 0.05) is 18.3 Å². The molecule has 1 N–H and O–H groups in total. The summed E-state index contributed by atoms with van der Waals surface area (Å²) >= 11 is 0. The standard InChI is InChI=1S/C20H23N3O2/c1-13(2)10-17(19(24)22-18-9-8-14(3)11-21-18)23-12-15-6-4-5-7-16(15)20(23)25/h4-9,11,13,17H,10,12H2,1-3H3,(H,21,22,24). The summed E-state index contributed by atoms with van der Waals surface area (Å²) < 4.78 is 0. The number of amides is 2. The van der Waals surface area contributed by atoms with Crippen molar-refractivity contribution in [1.29, 1.82) is 0 Å². The van der Waals surface area contributed by atoms with Gasteiger partial charge in [-0.1, -0.05) is 38.1 Å². The third-order valence-corrected chi connectivity index (χ3v) is 4.39. The molecular weight excluding hydrogens is 314 g/mol. The van der Waals surface area contributed by atoms with E-state index in [0.29, 0.717) is 30.3 Å². The summed E-state index contributed by atoms with van der Waals surface area (Å²) in [5, 5.41) is 2.85. The van der Waals surface area contributed by atoms with E-state index in [1.54, 1.807) is 17.2 Å². The molecule has 1 aliphatic heterocycles. The highest BCUT2D eigenvalue weighted by Gasteiger charge is 2.36. The summed E-state index contributed by atoms with van der Waals surface area (Å²) in [6, 6.07) is 10.7. The molecule has 0 saturated carbocycles. The van der Waals surface area contributed by atoms with Crippen LogP contribution >= 0.6 is 0 Å². The summed E-state index contributed by atoms with van der Waals surface area (Å²) in [7, 11) is 0. The quantitative estimate of drug-likeness (QED) is 0.909. The van der Waals surface area contributed by atoms with Crippen molar-refractivity contribution in [1.82, 2.24) is 9.88 Å². The number of carbonyl (C=O) groups is 2. The molecule has 0 radical (unpaired) electrons. The molecule has 1 aromatic heterocycles. The second-order valence-electron chi connectivity index (χ2n) is 6.95. The molecule has 25 heavy (non-hydrogen) atoms. The summed E-state index contributed by atoms with van der Waals surface area (Å²) in [6.45, 7) is 6.53. The number of hydrogen-bond donors (Lipinski definition) is 1. The van der Waals surface area contributed by atoms with Gasteiger partial charge >= 0.3 is 0 Å². The van der Waals surface area contributed by atoms with Crippen LogP contribution in [0, 0.1) is 12.8 Å². The van der Waals surface area contributed by atoms with Crippen LogP contribution in [0.4, 0.5) is 5.82 Å². The van der Waals surface area contributed by atoms with E-state index in [1.807, 2.05) is 37.3 Å². The van der Waals surface area contributed by atoms with Gasteiger partial charge in [0.05, 0.1) is 0 Å². The van der Waals surface area contributed by atoms with Crippen LogP contribution in [0.25, 0.3) is 0 Å². The van der Waals surface area contributed by atoms with Crippen molar-refractivity contribution < 1.29 is 9.59 Å². The largest absolute Gasteiger partial charge is 0.322 e. The Balaban J connectivity index is 1.81. The van der Waals surface area contributed by atoms with Crippen molar-refractivity contribution in [2.24, 2.45) is 5.92 Å². The van der Waals surface area contributed by atoms with Crippen molar-refractivity contribution in [3.63, 3.8) is 0 Å². The molecule has 1 atom stereocenters. The lowest BCUT2D eigenvalue weighted by molar-refractivity contribution is -0.121. The Morgan fingerprint density at radius 1 is 1.24 bits per heavy atom. The Hall–Kier alpha value is -2.69. The van der Waals surface area contributed by atoms with Gasteiger partial charge in [0.15, 0.2) is 0 Å².